The van der Waals surface area contributed by atoms with Crippen LogP contribution in [0, 0.1) is 0 Å². The molecule has 0 bridgehead atoms. The highest BCUT2D eigenvalue weighted by atomic mass is 16.5. The van der Waals surface area contributed by atoms with Gasteiger partial charge in [-0.2, -0.15) is 0 Å². The molecule has 0 unspecified atom stereocenters. The highest BCUT2D eigenvalue weighted by Gasteiger charge is 2.35. The number of rotatable bonds is 2. The molecule has 1 aliphatic rings. The molecule has 0 aromatic rings. The lowest BCUT2D eigenvalue weighted by Gasteiger charge is -2.46. The van der Waals surface area contributed by atoms with Gasteiger partial charge in [0.1, 0.15) is 0 Å². The molecule has 0 amide bonds. The van der Waals surface area contributed by atoms with E-state index in [2.05, 4.69) is 32.6 Å². The zero-order valence-electron chi connectivity index (χ0n) is 9.84. The van der Waals surface area contributed by atoms with Gasteiger partial charge in [0.15, 0.2) is 0 Å². The van der Waals surface area contributed by atoms with E-state index in [-0.39, 0.29) is 17.7 Å². The predicted molar refractivity (Wildman–Crippen MR) is 57.4 cm³/mol. The summed E-state index contributed by atoms with van der Waals surface area (Å²) in [5.41, 5.74) is 0.0285. The zero-order chi connectivity index (χ0) is 10.8. The number of hydrogen-bond donors (Lipinski definition) is 1. The summed E-state index contributed by atoms with van der Waals surface area (Å²) in [6.07, 6.45) is 0.722. The molecule has 0 aromatic heterocycles. The summed E-state index contributed by atoms with van der Waals surface area (Å²) in [6, 6.07) is 0. The van der Waals surface area contributed by atoms with Crippen LogP contribution in [0.3, 0.4) is 0 Å². The molecule has 1 saturated heterocycles. The van der Waals surface area contributed by atoms with Gasteiger partial charge in [-0.15, -0.1) is 0 Å². The van der Waals surface area contributed by atoms with Crippen molar-refractivity contribution in [2.75, 3.05) is 26.3 Å². The van der Waals surface area contributed by atoms with Gasteiger partial charge in [-0.1, -0.05) is 0 Å². The molecule has 1 atom stereocenters. The summed E-state index contributed by atoms with van der Waals surface area (Å²) in [6.45, 7) is 11.6. The summed E-state index contributed by atoms with van der Waals surface area (Å²) in [5, 5.41) is 8.97. The molecular weight excluding hydrogens is 178 g/mol. The largest absolute Gasteiger partial charge is 0.396 e. The van der Waals surface area contributed by atoms with Crippen LogP contribution >= 0.6 is 0 Å². The van der Waals surface area contributed by atoms with E-state index in [1.807, 2.05) is 0 Å². The summed E-state index contributed by atoms with van der Waals surface area (Å²) in [5.74, 6) is 0. The van der Waals surface area contributed by atoms with Crippen LogP contribution in [0.15, 0.2) is 0 Å². The molecule has 14 heavy (non-hydrogen) atoms. The third-order valence-electron chi connectivity index (χ3n) is 2.93. The predicted octanol–water partition coefficient (Wildman–Crippen LogP) is 1.26. The van der Waals surface area contributed by atoms with E-state index in [0.717, 1.165) is 26.1 Å². The molecule has 0 aromatic carbocycles. The Morgan fingerprint density at radius 3 is 2.57 bits per heavy atom. The first-order valence-corrected chi connectivity index (χ1v) is 5.37. The number of aliphatic hydroxyl groups is 1. The smallest absolute Gasteiger partial charge is 0.0803 e. The first-order chi connectivity index (χ1) is 6.37. The summed E-state index contributed by atoms with van der Waals surface area (Å²) in [7, 11) is 0. The molecule has 1 fully saturated rings. The molecule has 1 rings (SSSR count). The molecule has 0 spiro atoms. The van der Waals surface area contributed by atoms with E-state index in [9.17, 15) is 0 Å². The Balaban J connectivity index is 2.59. The lowest BCUT2D eigenvalue weighted by molar-refractivity contribution is -0.126. The van der Waals surface area contributed by atoms with Gasteiger partial charge in [0, 0.05) is 31.7 Å². The fourth-order valence-electron chi connectivity index (χ4n) is 1.89. The third kappa shape index (κ3) is 2.94. The highest BCUT2D eigenvalue weighted by Crippen LogP contribution is 2.25. The third-order valence-corrected chi connectivity index (χ3v) is 2.93. The molecule has 0 radical (unpaired) electrons. The molecular formula is C11H23NO2. The second kappa shape index (κ2) is 4.17. The van der Waals surface area contributed by atoms with Gasteiger partial charge in [0.25, 0.3) is 0 Å². The number of nitrogens with zero attached hydrogens (tertiary/aromatic N) is 1. The fraction of sp³-hybridized carbons (Fsp3) is 1.00. The maximum Gasteiger partial charge on any atom is 0.0803 e. The minimum atomic E-state index is -0.166. The van der Waals surface area contributed by atoms with Gasteiger partial charge in [-0.05, 0) is 27.7 Å². The Morgan fingerprint density at radius 1 is 1.43 bits per heavy atom. The fourth-order valence-corrected chi connectivity index (χ4v) is 1.89. The topological polar surface area (TPSA) is 32.7 Å². The molecule has 0 aliphatic carbocycles. The van der Waals surface area contributed by atoms with Crippen LogP contribution in [-0.4, -0.2) is 47.4 Å². The minimum Gasteiger partial charge on any atom is -0.396 e. The molecule has 1 N–H and O–H groups in total. The van der Waals surface area contributed by atoms with Crippen LogP contribution < -0.4 is 0 Å². The molecule has 3 nitrogen and oxygen atoms in total. The number of aliphatic hydroxyl groups excluding tert-OH is 1. The lowest BCUT2D eigenvalue weighted by atomic mass is 9.96. The van der Waals surface area contributed by atoms with Crippen LogP contribution in [0.2, 0.25) is 0 Å². The number of ether oxygens (including phenoxy) is 1. The van der Waals surface area contributed by atoms with Crippen LogP contribution in [0.1, 0.15) is 34.1 Å². The molecule has 3 heteroatoms. The second-order valence-electron chi connectivity index (χ2n) is 5.36. The number of hydrogen-bond acceptors (Lipinski definition) is 3. The summed E-state index contributed by atoms with van der Waals surface area (Å²) in [4.78, 5) is 2.42. The van der Waals surface area contributed by atoms with Gasteiger partial charge in [-0.3, -0.25) is 4.90 Å². The van der Waals surface area contributed by atoms with Crippen molar-refractivity contribution in [2.45, 2.75) is 45.3 Å². The molecule has 1 aliphatic heterocycles. The van der Waals surface area contributed by atoms with Crippen molar-refractivity contribution in [1.82, 2.24) is 4.90 Å². The van der Waals surface area contributed by atoms with Gasteiger partial charge in [-0.25, -0.2) is 0 Å². The zero-order valence-corrected chi connectivity index (χ0v) is 9.84. The van der Waals surface area contributed by atoms with Gasteiger partial charge in [0.2, 0.25) is 0 Å². The number of morpholine rings is 1. The molecule has 84 valence electrons. The summed E-state index contributed by atoms with van der Waals surface area (Å²) < 4.78 is 5.73. The summed E-state index contributed by atoms with van der Waals surface area (Å²) >= 11 is 0. The van der Waals surface area contributed by atoms with E-state index < -0.39 is 0 Å². The monoisotopic (exact) mass is 201 g/mol. The highest BCUT2D eigenvalue weighted by molar-refractivity contribution is 4.88. The quantitative estimate of drug-likeness (QED) is 0.730. The average molecular weight is 201 g/mol. The second-order valence-corrected chi connectivity index (χ2v) is 5.36. The Hall–Kier alpha value is -0.120. The van der Waals surface area contributed by atoms with E-state index in [0.29, 0.717) is 0 Å². The van der Waals surface area contributed by atoms with Crippen molar-refractivity contribution in [3.8, 4) is 0 Å². The van der Waals surface area contributed by atoms with Crippen molar-refractivity contribution < 1.29 is 9.84 Å². The van der Waals surface area contributed by atoms with E-state index >= 15 is 0 Å². The standard InChI is InChI=1S/C11H23NO2/c1-10(2,3)12-6-8-14-11(4,9-12)5-7-13/h13H,5-9H2,1-4H3/t11-/m0/s1. The van der Waals surface area contributed by atoms with E-state index in [4.69, 9.17) is 9.84 Å². The van der Waals surface area contributed by atoms with Crippen LogP contribution in [0.5, 0.6) is 0 Å². The van der Waals surface area contributed by atoms with Crippen molar-refractivity contribution in [1.29, 1.82) is 0 Å². The maximum absolute atomic E-state index is 8.97. The SMILES string of the molecule is CC(C)(C)N1CCO[C@@](C)(CCO)C1. The van der Waals surface area contributed by atoms with Crippen molar-refractivity contribution in [2.24, 2.45) is 0 Å². The van der Waals surface area contributed by atoms with Crippen molar-refractivity contribution in [3.63, 3.8) is 0 Å². The van der Waals surface area contributed by atoms with Gasteiger partial charge >= 0.3 is 0 Å². The van der Waals surface area contributed by atoms with Crippen LogP contribution in [0.25, 0.3) is 0 Å². The Labute approximate surface area is 87.1 Å². The molecule has 1 heterocycles. The maximum atomic E-state index is 8.97. The lowest BCUT2D eigenvalue weighted by Crippen LogP contribution is -2.56. The van der Waals surface area contributed by atoms with Crippen LogP contribution in [-0.2, 0) is 4.74 Å². The minimum absolute atomic E-state index is 0.166. The first-order valence-electron chi connectivity index (χ1n) is 5.37. The molecule has 0 saturated carbocycles. The Morgan fingerprint density at radius 2 is 2.07 bits per heavy atom. The van der Waals surface area contributed by atoms with E-state index in [1.54, 1.807) is 0 Å². The first kappa shape index (κ1) is 12.0. The Bertz CT molecular complexity index is 184. The normalized spacial score (nSPS) is 30.6. The Kier molecular flexibility index (Phi) is 3.56. The van der Waals surface area contributed by atoms with Crippen molar-refractivity contribution in [3.05, 3.63) is 0 Å². The van der Waals surface area contributed by atoms with E-state index in [1.165, 1.54) is 0 Å². The average Bonchev–Trinajstić information content (AvgIpc) is 2.02. The van der Waals surface area contributed by atoms with Gasteiger partial charge in [0.05, 0.1) is 12.2 Å². The van der Waals surface area contributed by atoms with Crippen LogP contribution in [0.4, 0.5) is 0 Å². The van der Waals surface area contributed by atoms with Crippen molar-refractivity contribution >= 4 is 0 Å². The van der Waals surface area contributed by atoms with Gasteiger partial charge < -0.3 is 9.84 Å².